The predicted molar refractivity (Wildman–Crippen MR) is 65.7 cm³/mol. The standard InChI is InChI=1S/C13H19NO2/c1-2-3-4-5-7-10-8-6-9-11(12(10)14)13(15)16/h6,8-9H,2-5,7,14H2,1H3,(H,15,16). The zero-order chi connectivity index (χ0) is 12.0. The number of benzene rings is 1. The van der Waals surface area contributed by atoms with E-state index in [0.29, 0.717) is 5.69 Å². The molecule has 1 rings (SSSR count). The van der Waals surface area contributed by atoms with Crippen molar-refractivity contribution in [1.29, 1.82) is 0 Å². The Morgan fingerprint density at radius 3 is 2.69 bits per heavy atom. The predicted octanol–water partition coefficient (Wildman–Crippen LogP) is 3.09. The molecule has 3 N–H and O–H groups in total. The smallest absolute Gasteiger partial charge is 0.337 e. The van der Waals surface area contributed by atoms with Crippen LogP contribution in [0.4, 0.5) is 5.69 Å². The third-order valence-corrected chi connectivity index (χ3v) is 2.73. The van der Waals surface area contributed by atoms with Crippen LogP contribution < -0.4 is 5.73 Å². The van der Waals surface area contributed by atoms with Gasteiger partial charge >= 0.3 is 5.97 Å². The van der Waals surface area contributed by atoms with E-state index in [0.717, 1.165) is 18.4 Å². The number of carboxylic acid groups (broad SMARTS) is 1. The van der Waals surface area contributed by atoms with Gasteiger partial charge in [-0.05, 0) is 24.5 Å². The molecule has 3 heteroatoms. The van der Waals surface area contributed by atoms with Gasteiger partial charge in [0.1, 0.15) is 0 Å². The van der Waals surface area contributed by atoms with Gasteiger partial charge in [0.15, 0.2) is 0 Å². The molecule has 16 heavy (non-hydrogen) atoms. The molecule has 1 aromatic rings. The molecule has 0 saturated carbocycles. The van der Waals surface area contributed by atoms with Crippen molar-refractivity contribution in [2.45, 2.75) is 39.0 Å². The van der Waals surface area contributed by atoms with Gasteiger partial charge in [0.25, 0.3) is 0 Å². The number of nitrogen functional groups attached to an aromatic ring is 1. The Bertz CT molecular complexity index is 361. The van der Waals surface area contributed by atoms with Gasteiger partial charge in [0.2, 0.25) is 0 Å². The highest BCUT2D eigenvalue weighted by Gasteiger charge is 2.10. The Kier molecular flexibility index (Phi) is 4.83. The number of hydrogen-bond acceptors (Lipinski definition) is 2. The van der Waals surface area contributed by atoms with E-state index in [4.69, 9.17) is 10.8 Å². The van der Waals surface area contributed by atoms with E-state index in [1.807, 2.05) is 6.07 Å². The number of nitrogens with two attached hydrogens (primary N) is 1. The van der Waals surface area contributed by atoms with Crippen molar-refractivity contribution in [3.05, 3.63) is 29.3 Å². The largest absolute Gasteiger partial charge is 0.478 e. The van der Waals surface area contributed by atoms with E-state index in [2.05, 4.69) is 6.92 Å². The third kappa shape index (κ3) is 3.26. The summed E-state index contributed by atoms with van der Waals surface area (Å²) < 4.78 is 0. The summed E-state index contributed by atoms with van der Waals surface area (Å²) in [4.78, 5) is 10.9. The van der Waals surface area contributed by atoms with Crippen LogP contribution in [0.25, 0.3) is 0 Å². The van der Waals surface area contributed by atoms with Gasteiger partial charge in [0, 0.05) is 5.69 Å². The summed E-state index contributed by atoms with van der Waals surface area (Å²) in [6.45, 7) is 2.17. The molecule has 3 nitrogen and oxygen atoms in total. The lowest BCUT2D eigenvalue weighted by Crippen LogP contribution is -2.05. The van der Waals surface area contributed by atoms with E-state index in [-0.39, 0.29) is 5.56 Å². The second-order valence-electron chi connectivity index (χ2n) is 3.99. The van der Waals surface area contributed by atoms with E-state index < -0.39 is 5.97 Å². The van der Waals surface area contributed by atoms with E-state index >= 15 is 0 Å². The maximum atomic E-state index is 10.9. The molecule has 0 aliphatic carbocycles. The molecule has 0 aliphatic rings. The van der Waals surface area contributed by atoms with Crippen LogP contribution in [0.2, 0.25) is 0 Å². The third-order valence-electron chi connectivity index (χ3n) is 2.73. The number of para-hydroxylation sites is 1. The van der Waals surface area contributed by atoms with Gasteiger partial charge in [-0.2, -0.15) is 0 Å². The van der Waals surface area contributed by atoms with Gasteiger partial charge in [-0.25, -0.2) is 4.79 Å². The minimum Gasteiger partial charge on any atom is -0.478 e. The second-order valence-corrected chi connectivity index (χ2v) is 3.99. The van der Waals surface area contributed by atoms with Crippen molar-refractivity contribution >= 4 is 11.7 Å². The fraction of sp³-hybridized carbons (Fsp3) is 0.462. The van der Waals surface area contributed by atoms with Gasteiger partial charge in [0.05, 0.1) is 5.56 Å². The molecular weight excluding hydrogens is 202 g/mol. The highest BCUT2D eigenvalue weighted by Crippen LogP contribution is 2.20. The molecule has 0 heterocycles. The fourth-order valence-electron chi connectivity index (χ4n) is 1.76. The Labute approximate surface area is 96.3 Å². The van der Waals surface area contributed by atoms with E-state index in [1.165, 1.54) is 19.3 Å². The number of aromatic carboxylic acids is 1. The van der Waals surface area contributed by atoms with Crippen molar-refractivity contribution in [3.63, 3.8) is 0 Å². The maximum absolute atomic E-state index is 10.9. The van der Waals surface area contributed by atoms with Crippen LogP contribution in [0.5, 0.6) is 0 Å². The molecule has 88 valence electrons. The number of carbonyl (C=O) groups is 1. The van der Waals surface area contributed by atoms with E-state index in [9.17, 15) is 4.79 Å². The van der Waals surface area contributed by atoms with Crippen LogP contribution in [-0.4, -0.2) is 11.1 Å². The number of anilines is 1. The Morgan fingerprint density at radius 2 is 2.06 bits per heavy atom. The van der Waals surface area contributed by atoms with Gasteiger partial charge < -0.3 is 10.8 Å². The van der Waals surface area contributed by atoms with Crippen LogP contribution in [-0.2, 0) is 6.42 Å². The summed E-state index contributed by atoms with van der Waals surface area (Å²) in [5.41, 5.74) is 7.41. The first kappa shape index (κ1) is 12.6. The van der Waals surface area contributed by atoms with Crippen LogP contribution in [0.3, 0.4) is 0 Å². The maximum Gasteiger partial charge on any atom is 0.337 e. The zero-order valence-electron chi connectivity index (χ0n) is 9.70. The molecule has 0 bridgehead atoms. The molecule has 0 saturated heterocycles. The Balaban J connectivity index is 2.66. The molecule has 0 atom stereocenters. The summed E-state index contributed by atoms with van der Waals surface area (Å²) in [6, 6.07) is 5.22. The SMILES string of the molecule is CCCCCCc1cccc(C(=O)O)c1N. The molecule has 1 aromatic carbocycles. The van der Waals surface area contributed by atoms with Crippen molar-refractivity contribution in [1.82, 2.24) is 0 Å². The average Bonchev–Trinajstić information content (AvgIpc) is 2.26. The second kappa shape index (κ2) is 6.16. The Morgan fingerprint density at radius 1 is 1.31 bits per heavy atom. The normalized spacial score (nSPS) is 10.3. The average molecular weight is 221 g/mol. The first-order valence-electron chi connectivity index (χ1n) is 5.77. The van der Waals surface area contributed by atoms with Gasteiger partial charge in [-0.15, -0.1) is 0 Å². The summed E-state index contributed by atoms with van der Waals surface area (Å²) in [7, 11) is 0. The monoisotopic (exact) mass is 221 g/mol. The lowest BCUT2D eigenvalue weighted by Gasteiger charge is -2.07. The summed E-state index contributed by atoms with van der Waals surface area (Å²) >= 11 is 0. The fourth-order valence-corrected chi connectivity index (χ4v) is 1.76. The number of unbranched alkanes of at least 4 members (excludes halogenated alkanes) is 3. The number of carboxylic acids is 1. The Hall–Kier alpha value is -1.51. The molecule has 0 aliphatic heterocycles. The lowest BCUT2D eigenvalue weighted by molar-refractivity contribution is 0.0698. The van der Waals surface area contributed by atoms with Crippen LogP contribution in [0.15, 0.2) is 18.2 Å². The zero-order valence-corrected chi connectivity index (χ0v) is 9.70. The number of hydrogen-bond donors (Lipinski definition) is 2. The number of rotatable bonds is 6. The summed E-state index contributed by atoms with van der Waals surface area (Å²) in [5.74, 6) is -0.951. The van der Waals surface area contributed by atoms with Gasteiger partial charge in [-0.3, -0.25) is 0 Å². The molecular formula is C13H19NO2. The highest BCUT2D eigenvalue weighted by atomic mass is 16.4. The molecule has 0 spiro atoms. The highest BCUT2D eigenvalue weighted by molar-refractivity contribution is 5.94. The minimum absolute atomic E-state index is 0.216. The minimum atomic E-state index is -0.951. The van der Waals surface area contributed by atoms with Crippen LogP contribution in [0.1, 0.15) is 48.5 Å². The van der Waals surface area contributed by atoms with Crippen molar-refractivity contribution in [2.75, 3.05) is 5.73 Å². The van der Waals surface area contributed by atoms with Crippen LogP contribution >= 0.6 is 0 Å². The van der Waals surface area contributed by atoms with Crippen molar-refractivity contribution in [3.8, 4) is 0 Å². The summed E-state index contributed by atoms with van der Waals surface area (Å²) in [6.07, 6.45) is 5.53. The van der Waals surface area contributed by atoms with E-state index in [1.54, 1.807) is 12.1 Å². The molecule has 0 amide bonds. The quantitative estimate of drug-likeness (QED) is 0.573. The molecule has 0 unspecified atom stereocenters. The van der Waals surface area contributed by atoms with Crippen LogP contribution in [0, 0.1) is 0 Å². The lowest BCUT2D eigenvalue weighted by atomic mass is 10.0. The van der Waals surface area contributed by atoms with Crippen molar-refractivity contribution < 1.29 is 9.90 Å². The number of aryl methyl sites for hydroxylation is 1. The topological polar surface area (TPSA) is 63.3 Å². The summed E-state index contributed by atoms with van der Waals surface area (Å²) in [5, 5.41) is 8.92. The molecule has 0 aromatic heterocycles. The molecule has 0 fully saturated rings. The molecule has 0 radical (unpaired) electrons. The van der Waals surface area contributed by atoms with Gasteiger partial charge in [-0.1, -0.05) is 38.3 Å². The van der Waals surface area contributed by atoms with Crippen molar-refractivity contribution in [2.24, 2.45) is 0 Å². The first-order chi connectivity index (χ1) is 7.66. The first-order valence-corrected chi connectivity index (χ1v) is 5.77.